The van der Waals surface area contributed by atoms with Gasteiger partial charge >= 0.3 is 0 Å². The van der Waals surface area contributed by atoms with Crippen LogP contribution in [-0.4, -0.2) is 19.8 Å². The van der Waals surface area contributed by atoms with Crippen molar-refractivity contribution < 1.29 is 8.42 Å². The zero-order valence-electron chi connectivity index (χ0n) is 12.1. The van der Waals surface area contributed by atoms with Crippen LogP contribution in [0.2, 0.25) is 0 Å². The normalized spacial score (nSPS) is 11.8. The Morgan fingerprint density at radius 1 is 0.952 bits per heavy atom. The van der Waals surface area contributed by atoms with Crippen LogP contribution in [0.5, 0.6) is 0 Å². The molecule has 2 rings (SSSR count). The van der Waals surface area contributed by atoms with Gasteiger partial charge in [0.05, 0.1) is 5.75 Å². The molecule has 0 amide bonds. The highest BCUT2D eigenvalue weighted by molar-refractivity contribution is 9.10. The lowest BCUT2D eigenvalue weighted by atomic mass is 10.1. The smallest absolute Gasteiger partial charge is 0.212 e. The van der Waals surface area contributed by atoms with Crippen molar-refractivity contribution in [2.75, 3.05) is 7.05 Å². The number of benzene rings is 2. The van der Waals surface area contributed by atoms with Crippen molar-refractivity contribution in [1.82, 2.24) is 4.31 Å². The Balaban J connectivity index is 2.07. The van der Waals surface area contributed by atoms with E-state index in [9.17, 15) is 8.42 Å². The standard InChI is InChI=1S/C16H18BrNO2S/c1-13-3-5-14(6-4-13)11-18(2)21(19,20)12-15-7-9-16(17)10-8-15/h3-10H,11-12H2,1-2H3. The van der Waals surface area contributed by atoms with Gasteiger partial charge in [-0.3, -0.25) is 0 Å². The summed E-state index contributed by atoms with van der Waals surface area (Å²) in [6.45, 7) is 2.40. The molecular formula is C16H18BrNO2S. The van der Waals surface area contributed by atoms with Crippen molar-refractivity contribution in [3.05, 3.63) is 69.7 Å². The van der Waals surface area contributed by atoms with Crippen molar-refractivity contribution in [2.24, 2.45) is 0 Å². The second kappa shape index (κ2) is 6.73. The molecule has 0 spiro atoms. The summed E-state index contributed by atoms with van der Waals surface area (Å²) in [4.78, 5) is 0. The average molecular weight is 368 g/mol. The Bertz CT molecular complexity index is 694. The van der Waals surface area contributed by atoms with Gasteiger partial charge in [0.1, 0.15) is 0 Å². The molecule has 5 heteroatoms. The van der Waals surface area contributed by atoms with Crippen LogP contribution in [0.4, 0.5) is 0 Å². The fourth-order valence-corrected chi connectivity index (χ4v) is 3.39. The number of halogens is 1. The lowest BCUT2D eigenvalue weighted by Gasteiger charge is -2.17. The van der Waals surface area contributed by atoms with Gasteiger partial charge in [-0.2, -0.15) is 0 Å². The number of sulfonamides is 1. The van der Waals surface area contributed by atoms with E-state index in [4.69, 9.17) is 0 Å². The third-order valence-electron chi connectivity index (χ3n) is 3.26. The molecule has 0 aliphatic carbocycles. The number of aryl methyl sites for hydroxylation is 1. The SMILES string of the molecule is Cc1ccc(CN(C)S(=O)(=O)Cc2ccc(Br)cc2)cc1. The fourth-order valence-electron chi connectivity index (χ4n) is 1.95. The van der Waals surface area contributed by atoms with Crippen LogP contribution < -0.4 is 0 Å². The van der Waals surface area contributed by atoms with Gasteiger partial charge in [-0.05, 0) is 30.2 Å². The molecule has 0 atom stereocenters. The molecule has 2 aromatic carbocycles. The Labute approximate surface area is 134 Å². The molecule has 0 fully saturated rings. The highest BCUT2D eigenvalue weighted by Crippen LogP contribution is 2.16. The number of rotatable bonds is 5. The van der Waals surface area contributed by atoms with E-state index in [1.165, 1.54) is 9.87 Å². The molecule has 0 saturated heterocycles. The molecule has 0 unspecified atom stereocenters. The topological polar surface area (TPSA) is 37.4 Å². The van der Waals surface area contributed by atoms with E-state index >= 15 is 0 Å². The van der Waals surface area contributed by atoms with E-state index in [0.717, 1.165) is 15.6 Å². The third-order valence-corrected chi connectivity index (χ3v) is 5.57. The first-order valence-electron chi connectivity index (χ1n) is 6.61. The molecule has 2 aromatic rings. The molecule has 3 nitrogen and oxygen atoms in total. The molecule has 0 aliphatic rings. The molecular weight excluding hydrogens is 350 g/mol. The first kappa shape index (κ1) is 16.2. The zero-order valence-corrected chi connectivity index (χ0v) is 14.5. The highest BCUT2D eigenvalue weighted by Gasteiger charge is 2.18. The first-order chi connectivity index (χ1) is 9.87. The van der Waals surface area contributed by atoms with Gasteiger partial charge in [0, 0.05) is 18.1 Å². The summed E-state index contributed by atoms with van der Waals surface area (Å²) in [5.41, 5.74) is 2.94. The maximum absolute atomic E-state index is 12.4. The summed E-state index contributed by atoms with van der Waals surface area (Å²) in [5.74, 6) is 0.0165. The van der Waals surface area contributed by atoms with Gasteiger partial charge < -0.3 is 0 Å². The van der Waals surface area contributed by atoms with Crippen molar-refractivity contribution >= 4 is 26.0 Å². The van der Waals surface area contributed by atoms with E-state index in [-0.39, 0.29) is 5.75 Å². The summed E-state index contributed by atoms with van der Waals surface area (Å²) in [5, 5.41) is 0. The minimum Gasteiger partial charge on any atom is -0.212 e. The van der Waals surface area contributed by atoms with Crippen LogP contribution >= 0.6 is 15.9 Å². The van der Waals surface area contributed by atoms with Crippen LogP contribution in [0.3, 0.4) is 0 Å². The molecule has 0 saturated carbocycles. The summed E-state index contributed by atoms with van der Waals surface area (Å²) in [7, 11) is -1.70. The Morgan fingerprint density at radius 3 is 2.05 bits per heavy atom. The third kappa shape index (κ3) is 4.66. The molecule has 0 radical (unpaired) electrons. The van der Waals surface area contributed by atoms with Crippen LogP contribution in [0.15, 0.2) is 53.0 Å². The van der Waals surface area contributed by atoms with Gasteiger partial charge in [-0.15, -0.1) is 0 Å². The largest absolute Gasteiger partial charge is 0.218 e. The predicted octanol–water partition coefficient (Wildman–Crippen LogP) is 3.72. The van der Waals surface area contributed by atoms with E-state index < -0.39 is 10.0 Å². The number of hydrogen-bond acceptors (Lipinski definition) is 2. The number of hydrogen-bond donors (Lipinski definition) is 0. The highest BCUT2D eigenvalue weighted by atomic mass is 79.9. The summed E-state index contributed by atoms with van der Waals surface area (Å²) in [6.07, 6.45) is 0. The van der Waals surface area contributed by atoms with E-state index in [1.54, 1.807) is 7.05 Å². The minimum atomic E-state index is -3.32. The van der Waals surface area contributed by atoms with Gasteiger partial charge in [0.25, 0.3) is 0 Å². The lowest BCUT2D eigenvalue weighted by Crippen LogP contribution is -2.27. The maximum atomic E-state index is 12.4. The number of nitrogens with zero attached hydrogens (tertiary/aromatic N) is 1. The lowest BCUT2D eigenvalue weighted by molar-refractivity contribution is 0.466. The van der Waals surface area contributed by atoms with Gasteiger partial charge in [0.15, 0.2) is 0 Å². The summed E-state index contributed by atoms with van der Waals surface area (Å²) < 4.78 is 27.1. The average Bonchev–Trinajstić information content (AvgIpc) is 2.43. The van der Waals surface area contributed by atoms with Crippen LogP contribution in [0, 0.1) is 6.92 Å². The minimum absolute atomic E-state index is 0.0165. The molecule has 21 heavy (non-hydrogen) atoms. The Hall–Kier alpha value is -1.17. The van der Waals surface area contributed by atoms with Gasteiger partial charge in [-0.1, -0.05) is 57.9 Å². The molecule has 0 aromatic heterocycles. The van der Waals surface area contributed by atoms with Gasteiger partial charge in [-0.25, -0.2) is 12.7 Å². The van der Waals surface area contributed by atoms with Gasteiger partial charge in [0.2, 0.25) is 10.0 Å². The Morgan fingerprint density at radius 2 is 1.48 bits per heavy atom. The zero-order chi connectivity index (χ0) is 15.5. The molecule has 0 heterocycles. The molecule has 0 aliphatic heterocycles. The monoisotopic (exact) mass is 367 g/mol. The summed E-state index contributed by atoms with van der Waals surface area (Å²) in [6, 6.07) is 15.2. The Kier molecular flexibility index (Phi) is 5.19. The van der Waals surface area contributed by atoms with Crippen LogP contribution in [0.25, 0.3) is 0 Å². The molecule has 112 valence electrons. The van der Waals surface area contributed by atoms with Crippen molar-refractivity contribution in [3.8, 4) is 0 Å². The second-order valence-corrected chi connectivity index (χ2v) is 8.12. The first-order valence-corrected chi connectivity index (χ1v) is 9.01. The van der Waals surface area contributed by atoms with E-state index in [0.29, 0.717) is 6.54 Å². The van der Waals surface area contributed by atoms with Crippen LogP contribution in [-0.2, 0) is 22.3 Å². The predicted molar refractivity (Wildman–Crippen MR) is 89.4 cm³/mol. The fraction of sp³-hybridized carbons (Fsp3) is 0.250. The van der Waals surface area contributed by atoms with E-state index in [2.05, 4.69) is 15.9 Å². The summed E-state index contributed by atoms with van der Waals surface area (Å²) >= 11 is 3.34. The second-order valence-electron chi connectivity index (χ2n) is 5.12. The quantitative estimate of drug-likeness (QED) is 0.807. The van der Waals surface area contributed by atoms with Crippen molar-refractivity contribution in [2.45, 2.75) is 19.2 Å². The molecule has 0 N–H and O–H groups in total. The maximum Gasteiger partial charge on any atom is 0.218 e. The van der Waals surface area contributed by atoms with Crippen LogP contribution in [0.1, 0.15) is 16.7 Å². The van der Waals surface area contributed by atoms with Crippen molar-refractivity contribution in [3.63, 3.8) is 0 Å². The van der Waals surface area contributed by atoms with E-state index in [1.807, 2.05) is 55.5 Å². The molecule has 0 bridgehead atoms. The van der Waals surface area contributed by atoms with Crippen molar-refractivity contribution in [1.29, 1.82) is 0 Å².